The third kappa shape index (κ3) is 3.85. The quantitative estimate of drug-likeness (QED) is 0.684. The maximum Gasteiger partial charge on any atom is 0.276 e. The van der Waals surface area contributed by atoms with Crippen LogP contribution in [0, 0.1) is 11.6 Å². The van der Waals surface area contributed by atoms with Crippen LogP contribution in [0.15, 0.2) is 53.1 Å². The fraction of sp³-hybridized carbons (Fsp3) is 0.111. The Morgan fingerprint density at radius 3 is 2.68 bits per heavy atom. The van der Waals surface area contributed by atoms with Crippen molar-refractivity contribution in [1.29, 1.82) is 0 Å². The van der Waals surface area contributed by atoms with E-state index in [2.05, 4.69) is 5.16 Å². The van der Waals surface area contributed by atoms with E-state index in [4.69, 9.17) is 16.1 Å². The fourth-order valence-electron chi connectivity index (χ4n) is 2.33. The summed E-state index contributed by atoms with van der Waals surface area (Å²) in [6, 6.07) is 12.0. The van der Waals surface area contributed by atoms with Gasteiger partial charge in [0.15, 0.2) is 23.1 Å². The lowest BCUT2D eigenvalue weighted by molar-refractivity contribution is 0.0774. The summed E-state index contributed by atoms with van der Waals surface area (Å²) in [5.74, 6) is -1.88. The van der Waals surface area contributed by atoms with Gasteiger partial charge in [-0.1, -0.05) is 35.0 Å². The van der Waals surface area contributed by atoms with Gasteiger partial charge in [0.2, 0.25) is 0 Å². The summed E-state index contributed by atoms with van der Waals surface area (Å²) < 4.78 is 31.4. The summed E-state index contributed by atoms with van der Waals surface area (Å²) in [5.41, 5.74) is 1.27. The lowest BCUT2D eigenvalue weighted by Crippen LogP contribution is -2.26. The van der Waals surface area contributed by atoms with Crippen molar-refractivity contribution in [2.24, 2.45) is 0 Å². The Morgan fingerprint density at radius 2 is 1.96 bits per heavy atom. The molecule has 3 rings (SSSR count). The molecule has 0 N–H and O–H groups in total. The van der Waals surface area contributed by atoms with Gasteiger partial charge in [-0.2, -0.15) is 0 Å². The number of hydrogen-bond acceptors (Lipinski definition) is 3. The molecule has 0 aliphatic rings. The Hall–Kier alpha value is -2.73. The minimum Gasteiger partial charge on any atom is -0.355 e. The number of nitrogens with zero attached hydrogens (tertiary/aromatic N) is 2. The highest BCUT2D eigenvalue weighted by Gasteiger charge is 2.18. The van der Waals surface area contributed by atoms with Gasteiger partial charge in [-0.05, 0) is 29.8 Å². The van der Waals surface area contributed by atoms with E-state index in [9.17, 15) is 13.6 Å². The van der Waals surface area contributed by atoms with Crippen LogP contribution in [0.2, 0.25) is 5.02 Å². The molecule has 7 heteroatoms. The monoisotopic (exact) mass is 362 g/mol. The Balaban J connectivity index is 1.75. The zero-order valence-corrected chi connectivity index (χ0v) is 13.9. The van der Waals surface area contributed by atoms with E-state index < -0.39 is 17.5 Å². The molecule has 0 unspecified atom stereocenters. The van der Waals surface area contributed by atoms with Crippen LogP contribution in [0.3, 0.4) is 0 Å². The van der Waals surface area contributed by atoms with E-state index in [1.54, 1.807) is 24.3 Å². The van der Waals surface area contributed by atoms with Crippen LogP contribution >= 0.6 is 11.6 Å². The Labute approximate surface area is 147 Å². The first kappa shape index (κ1) is 17.1. The Morgan fingerprint density at radius 1 is 1.16 bits per heavy atom. The lowest BCUT2D eigenvalue weighted by Gasteiger charge is -2.15. The van der Waals surface area contributed by atoms with E-state index in [1.165, 1.54) is 24.1 Å². The van der Waals surface area contributed by atoms with Crippen molar-refractivity contribution in [3.63, 3.8) is 0 Å². The number of amides is 1. The first-order chi connectivity index (χ1) is 11.9. The molecule has 0 saturated carbocycles. The number of carbonyl (C=O) groups excluding carboxylic acids is 1. The van der Waals surface area contributed by atoms with E-state index in [0.717, 1.165) is 12.1 Å². The van der Waals surface area contributed by atoms with Crippen molar-refractivity contribution >= 4 is 17.5 Å². The second-order valence-electron chi connectivity index (χ2n) is 5.50. The Kier molecular flexibility index (Phi) is 4.81. The number of benzene rings is 2. The number of halogens is 3. The highest BCUT2D eigenvalue weighted by atomic mass is 35.5. The molecule has 4 nitrogen and oxygen atoms in total. The largest absolute Gasteiger partial charge is 0.355 e. The predicted molar refractivity (Wildman–Crippen MR) is 89.1 cm³/mol. The molecule has 25 heavy (non-hydrogen) atoms. The van der Waals surface area contributed by atoms with Crippen molar-refractivity contribution in [3.05, 3.63) is 76.4 Å². The maximum atomic E-state index is 13.3. The minimum absolute atomic E-state index is 0.107. The summed E-state index contributed by atoms with van der Waals surface area (Å²) in [6.45, 7) is 0.107. The lowest BCUT2D eigenvalue weighted by atomic mass is 10.1. The van der Waals surface area contributed by atoms with Gasteiger partial charge in [-0.25, -0.2) is 8.78 Å². The molecule has 0 bridgehead atoms. The number of rotatable bonds is 4. The van der Waals surface area contributed by atoms with Gasteiger partial charge in [-0.3, -0.25) is 4.79 Å². The van der Waals surface area contributed by atoms with Crippen molar-refractivity contribution < 1.29 is 18.1 Å². The molecule has 0 spiro atoms. The van der Waals surface area contributed by atoms with Crippen LogP contribution in [-0.2, 0) is 6.54 Å². The first-order valence-corrected chi connectivity index (χ1v) is 7.74. The first-order valence-electron chi connectivity index (χ1n) is 7.36. The van der Waals surface area contributed by atoms with Gasteiger partial charge >= 0.3 is 0 Å². The second-order valence-corrected chi connectivity index (χ2v) is 5.93. The SMILES string of the molecule is CN(Cc1ccc(F)c(F)c1)C(=O)c1cc(-c2cccc(Cl)c2)on1. The van der Waals surface area contributed by atoms with Gasteiger partial charge in [0.1, 0.15) is 0 Å². The smallest absolute Gasteiger partial charge is 0.276 e. The second kappa shape index (κ2) is 7.03. The highest BCUT2D eigenvalue weighted by Crippen LogP contribution is 2.24. The molecule has 0 aliphatic heterocycles. The van der Waals surface area contributed by atoms with Crippen LogP contribution in [0.4, 0.5) is 8.78 Å². The highest BCUT2D eigenvalue weighted by molar-refractivity contribution is 6.30. The topological polar surface area (TPSA) is 46.3 Å². The van der Waals surface area contributed by atoms with Gasteiger partial charge < -0.3 is 9.42 Å². The maximum absolute atomic E-state index is 13.3. The molecular formula is C18H13ClF2N2O2. The zero-order valence-electron chi connectivity index (χ0n) is 13.2. The third-order valence-corrected chi connectivity index (χ3v) is 3.82. The van der Waals surface area contributed by atoms with Gasteiger partial charge in [0.25, 0.3) is 5.91 Å². The van der Waals surface area contributed by atoms with E-state index in [0.29, 0.717) is 21.9 Å². The normalized spacial score (nSPS) is 10.7. The third-order valence-electron chi connectivity index (χ3n) is 3.59. The number of carbonyl (C=O) groups is 1. The fourth-order valence-corrected chi connectivity index (χ4v) is 2.52. The van der Waals surface area contributed by atoms with Crippen molar-refractivity contribution in [1.82, 2.24) is 10.1 Å². The predicted octanol–water partition coefficient (Wildman–Crippen LogP) is 4.55. The van der Waals surface area contributed by atoms with Gasteiger partial charge in [-0.15, -0.1) is 0 Å². The van der Waals surface area contributed by atoms with Crippen molar-refractivity contribution in [2.45, 2.75) is 6.54 Å². The molecule has 128 valence electrons. The summed E-state index contributed by atoms with van der Waals surface area (Å²) in [7, 11) is 1.54. The molecule has 0 atom stereocenters. The molecule has 0 aliphatic carbocycles. The standard InChI is InChI=1S/C18H13ClF2N2O2/c1-23(10-11-5-6-14(20)15(21)7-11)18(24)16-9-17(25-22-16)12-3-2-4-13(19)8-12/h2-9H,10H2,1H3. The molecule has 2 aromatic carbocycles. The molecular weight excluding hydrogens is 350 g/mol. The molecule has 0 saturated heterocycles. The van der Waals surface area contributed by atoms with Crippen molar-refractivity contribution in [2.75, 3.05) is 7.05 Å². The minimum atomic E-state index is -0.956. The number of hydrogen-bond donors (Lipinski definition) is 0. The van der Waals surface area contributed by atoms with Crippen LogP contribution in [0.25, 0.3) is 11.3 Å². The molecule has 1 heterocycles. The zero-order chi connectivity index (χ0) is 18.0. The molecule has 1 amide bonds. The average molecular weight is 363 g/mol. The van der Waals surface area contributed by atoms with Crippen LogP contribution in [0.5, 0.6) is 0 Å². The van der Waals surface area contributed by atoms with Gasteiger partial charge in [0, 0.05) is 30.2 Å². The summed E-state index contributed by atoms with van der Waals surface area (Å²) in [4.78, 5) is 13.8. The van der Waals surface area contributed by atoms with E-state index in [-0.39, 0.29) is 12.2 Å². The number of aromatic nitrogens is 1. The summed E-state index contributed by atoms with van der Waals surface area (Å²) >= 11 is 5.93. The Bertz CT molecular complexity index is 927. The van der Waals surface area contributed by atoms with Crippen LogP contribution in [0.1, 0.15) is 16.1 Å². The van der Waals surface area contributed by atoms with Crippen LogP contribution < -0.4 is 0 Å². The van der Waals surface area contributed by atoms with Crippen molar-refractivity contribution in [3.8, 4) is 11.3 Å². The molecule has 3 aromatic rings. The van der Waals surface area contributed by atoms with Crippen LogP contribution in [-0.4, -0.2) is 23.0 Å². The summed E-state index contributed by atoms with van der Waals surface area (Å²) in [6.07, 6.45) is 0. The molecule has 0 fully saturated rings. The summed E-state index contributed by atoms with van der Waals surface area (Å²) in [5, 5.41) is 4.31. The molecule has 0 radical (unpaired) electrons. The van der Waals surface area contributed by atoms with E-state index >= 15 is 0 Å². The van der Waals surface area contributed by atoms with Gasteiger partial charge in [0.05, 0.1) is 0 Å². The average Bonchev–Trinajstić information content (AvgIpc) is 3.07. The molecule has 1 aromatic heterocycles. The van der Waals surface area contributed by atoms with E-state index in [1.807, 2.05) is 0 Å².